The molecule has 6 nitrogen and oxygen atoms in total. The van der Waals surface area contributed by atoms with Crippen LogP contribution in [0.3, 0.4) is 0 Å². The molecule has 1 aromatic heterocycles. The van der Waals surface area contributed by atoms with Crippen LogP contribution in [0.1, 0.15) is 16.1 Å². The Labute approximate surface area is 102 Å². The van der Waals surface area contributed by atoms with Gasteiger partial charge in [-0.1, -0.05) is 0 Å². The predicted molar refractivity (Wildman–Crippen MR) is 60.9 cm³/mol. The molecule has 1 rings (SSSR count). The van der Waals surface area contributed by atoms with E-state index in [4.69, 9.17) is 0 Å². The molecule has 17 heavy (non-hydrogen) atoms. The van der Waals surface area contributed by atoms with Crippen molar-refractivity contribution in [3.63, 3.8) is 0 Å². The molecule has 0 aliphatic heterocycles. The van der Waals surface area contributed by atoms with Crippen LogP contribution in [-0.4, -0.2) is 32.1 Å². The molecule has 1 heterocycles. The highest BCUT2D eigenvalue weighted by molar-refractivity contribution is 7.12. The Morgan fingerprint density at radius 3 is 2.59 bits per heavy atom. The maximum Gasteiger partial charge on any atom is 0.350 e. The van der Waals surface area contributed by atoms with Gasteiger partial charge in [0.15, 0.2) is 0 Å². The van der Waals surface area contributed by atoms with Gasteiger partial charge in [0.1, 0.15) is 11.3 Å². The summed E-state index contributed by atoms with van der Waals surface area (Å²) in [6.07, 6.45) is -0.396. The maximum absolute atomic E-state index is 11.4. The fourth-order valence-electron chi connectivity index (χ4n) is 1.06. The van der Waals surface area contributed by atoms with E-state index >= 15 is 0 Å². The Hall–Kier alpha value is -1.89. The Kier molecular flexibility index (Phi) is 4.65. The van der Waals surface area contributed by atoms with Gasteiger partial charge in [0.2, 0.25) is 5.91 Å². The number of hydrogen-bond acceptors (Lipinski definition) is 6. The van der Waals surface area contributed by atoms with Gasteiger partial charge in [0, 0.05) is 0 Å². The van der Waals surface area contributed by atoms with E-state index in [-0.39, 0.29) is 4.88 Å². The zero-order valence-electron chi connectivity index (χ0n) is 9.31. The molecule has 1 aromatic rings. The first kappa shape index (κ1) is 13.2. The van der Waals surface area contributed by atoms with Crippen molar-refractivity contribution in [2.75, 3.05) is 19.5 Å². The molecule has 1 amide bonds. The number of anilines is 1. The van der Waals surface area contributed by atoms with Gasteiger partial charge in [-0.2, -0.15) is 0 Å². The maximum atomic E-state index is 11.4. The minimum absolute atomic E-state index is 0.283. The highest BCUT2D eigenvalue weighted by Crippen LogP contribution is 2.23. The van der Waals surface area contributed by atoms with E-state index < -0.39 is 24.3 Å². The minimum Gasteiger partial charge on any atom is -0.469 e. The van der Waals surface area contributed by atoms with Crippen molar-refractivity contribution in [3.05, 3.63) is 16.3 Å². The van der Waals surface area contributed by atoms with Crippen LogP contribution in [0.15, 0.2) is 11.4 Å². The number of hydrogen-bond donors (Lipinski definition) is 1. The Morgan fingerprint density at radius 1 is 1.29 bits per heavy atom. The van der Waals surface area contributed by atoms with Crippen LogP contribution in [0.2, 0.25) is 0 Å². The van der Waals surface area contributed by atoms with Crippen LogP contribution in [0, 0.1) is 0 Å². The fraction of sp³-hybridized carbons (Fsp3) is 0.300. The number of rotatable bonds is 4. The zero-order chi connectivity index (χ0) is 12.8. The number of carbonyl (C=O) groups is 3. The first-order chi connectivity index (χ1) is 8.08. The predicted octanol–water partition coefficient (Wildman–Crippen LogP) is 1.04. The molecule has 0 unspecified atom stereocenters. The average Bonchev–Trinajstić information content (AvgIpc) is 2.75. The average molecular weight is 257 g/mol. The molecule has 0 aromatic carbocycles. The van der Waals surface area contributed by atoms with Gasteiger partial charge >= 0.3 is 11.9 Å². The molecular formula is C10H11NO5S. The zero-order valence-corrected chi connectivity index (χ0v) is 10.1. The normalized spacial score (nSPS) is 9.53. The van der Waals surface area contributed by atoms with Crippen LogP contribution < -0.4 is 5.32 Å². The molecule has 0 bridgehead atoms. The molecule has 0 radical (unpaired) electrons. The van der Waals surface area contributed by atoms with Crippen LogP contribution in [0.4, 0.5) is 5.69 Å². The molecule has 1 N–H and O–H groups in total. The van der Waals surface area contributed by atoms with Crippen LogP contribution in [0.25, 0.3) is 0 Å². The minimum atomic E-state index is -0.641. The first-order valence-corrected chi connectivity index (χ1v) is 5.49. The third kappa shape index (κ3) is 3.56. The van der Waals surface area contributed by atoms with Gasteiger partial charge in [-0.3, -0.25) is 9.59 Å². The second-order valence-electron chi connectivity index (χ2n) is 2.96. The lowest BCUT2D eigenvalue weighted by atomic mass is 10.3. The van der Waals surface area contributed by atoms with Gasteiger partial charge < -0.3 is 14.8 Å². The van der Waals surface area contributed by atoms with Crippen molar-refractivity contribution in [3.8, 4) is 0 Å². The number of thiophene rings is 1. The van der Waals surface area contributed by atoms with Gasteiger partial charge in [-0.05, 0) is 11.4 Å². The molecule has 0 saturated heterocycles. The van der Waals surface area contributed by atoms with Gasteiger partial charge in [0.05, 0.1) is 19.9 Å². The first-order valence-electron chi connectivity index (χ1n) is 4.61. The van der Waals surface area contributed by atoms with E-state index in [2.05, 4.69) is 14.8 Å². The van der Waals surface area contributed by atoms with E-state index in [9.17, 15) is 14.4 Å². The van der Waals surface area contributed by atoms with Crippen molar-refractivity contribution in [1.82, 2.24) is 0 Å². The lowest BCUT2D eigenvalue weighted by molar-refractivity contribution is -0.142. The molecule has 92 valence electrons. The summed E-state index contributed by atoms with van der Waals surface area (Å²) in [5.74, 6) is -1.72. The lowest BCUT2D eigenvalue weighted by Gasteiger charge is -2.04. The Morgan fingerprint density at radius 2 is 2.00 bits per heavy atom. The molecule has 0 aliphatic rings. The monoisotopic (exact) mass is 257 g/mol. The SMILES string of the molecule is COC(=O)CC(=O)Nc1ccsc1C(=O)OC. The summed E-state index contributed by atoms with van der Waals surface area (Å²) in [6.45, 7) is 0. The summed E-state index contributed by atoms with van der Waals surface area (Å²) in [4.78, 5) is 33.8. The van der Waals surface area contributed by atoms with E-state index in [1.165, 1.54) is 14.2 Å². The second-order valence-corrected chi connectivity index (χ2v) is 3.87. The van der Waals surface area contributed by atoms with Crippen LogP contribution >= 0.6 is 11.3 Å². The van der Waals surface area contributed by atoms with Crippen molar-refractivity contribution >= 4 is 34.9 Å². The standard InChI is InChI=1S/C10H11NO5S/c1-15-8(13)5-7(12)11-6-3-4-17-9(6)10(14)16-2/h3-4H,5H2,1-2H3,(H,11,12). The summed E-state index contributed by atoms with van der Waals surface area (Å²) < 4.78 is 8.90. The van der Waals surface area contributed by atoms with E-state index in [0.29, 0.717) is 5.69 Å². The molecule has 0 spiro atoms. The Balaban J connectivity index is 2.69. The fourth-order valence-corrected chi connectivity index (χ4v) is 1.82. The largest absolute Gasteiger partial charge is 0.469 e. The Bertz CT molecular complexity index is 440. The highest BCUT2D eigenvalue weighted by Gasteiger charge is 2.17. The smallest absolute Gasteiger partial charge is 0.350 e. The van der Waals surface area contributed by atoms with Crippen LogP contribution in [-0.2, 0) is 19.1 Å². The van der Waals surface area contributed by atoms with Crippen LogP contribution in [0.5, 0.6) is 0 Å². The summed E-state index contributed by atoms with van der Waals surface area (Å²) in [5.41, 5.74) is 0.329. The van der Waals surface area contributed by atoms with E-state index in [1.54, 1.807) is 11.4 Å². The third-order valence-corrected chi connectivity index (χ3v) is 2.74. The van der Waals surface area contributed by atoms with Gasteiger partial charge in [-0.25, -0.2) is 4.79 Å². The van der Waals surface area contributed by atoms with Gasteiger partial charge in [-0.15, -0.1) is 11.3 Å². The lowest BCUT2D eigenvalue weighted by Crippen LogP contribution is -2.18. The number of carbonyl (C=O) groups excluding carboxylic acids is 3. The highest BCUT2D eigenvalue weighted by atomic mass is 32.1. The number of esters is 2. The number of methoxy groups -OCH3 is 2. The van der Waals surface area contributed by atoms with E-state index in [1.807, 2.05) is 0 Å². The molecule has 0 atom stereocenters. The second kappa shape index (κ2) is 6.00. The number of ether oxygens (including phenoxy) is 2. The third-order valence-electron chi connectivity index (χ3n) is 1.84. The molecule has 7 heteroatoms. The number of nitrogens with one attached hydrogen (secondary N) is 1. The summed E-state index contributed by atoms with van der Waals surface area (Å²) in [7, 11) is 2.45. The van der Waals surface area contributed by atoms with E-state index in [0.717, 1.165) is 11.3 Å². The van der Waals surface area contributed by atoms with Crippen molar-refractivity contribution < 1.29 is 23.9 Å². The molecule has 0 saturated carbocycles. The summed E-state index contributed by atoms with van der Waals surface area (Å²) >= 11 is 1.14. The van der Waals surface area contributed by atoms with Crippen molar-refractivity contribution in [2.45, 2.75) is 6.42 Å². The molecular weight excluding hydrogens is 246 g/mol. The summed E-state index contributed by atoms with van der Waals surface area (Å²) in [5, 5.41) is 4.08. The topological polar surface area (TPSA) is 81.7 Å². The number of amides is 1. The van der Waals surface area contributed by atoms with Crippen molar-refractivity contribution in [2.24, 2.45) is 0 Å². The van der Waals surface area contributed by atoms with Gasteiger partial charge in [0.25, 0.3) is 0 Å². The quantitative estimate of drug-likeness (QED) is 0.643. The summed E-state index contributed by atoms with van der Waals surface area (Å²) in [6, 6.07) is 1.56. The molecule has 0 fully saturated rings. The molecule has 0 aliphatic carbocycles. The van der Waals surface area contributed by atoms with Crippen molar-refractivity contribution in [1.29, 1.82) is 0 Å².